The Hall–Kier alpha value is -2.08. The zero-order valence-electron chi connectivity index (χ0n) is 8.53. The van der Waals surface area contributed by atoms with Crippen LogP contribution in [-0.2, 0) is 0 Å². The average Bonchev–Trinajstić information content (AvgIpc) is 3.09. The largest absolute Gasteiger partial charge is 0.506 e. The summed E-state index contributed by atoms with van der Waals surface area (Å²) in [4.78, 5) is 12.2. The van der Waals surface area contributed by atoms with Gasteiger partial charge in [0.25, 0.3) is 0 Å². The Morgan fingerprint density at radius 1 is 1.25 bits per heavy atom. The van der Waals surface area contributed by atoms with E-state index in [0.29, 0.717) is 24.0 Å². The van der Waals surface area contributed by atoms with Crippen LogP contribution in [0.1, 0.15) is 28.8 Å². The van der Waals surface area contributed by atoms with E-state index in [1.54, 1.807) is 24.3 Å². The maximum absolute atomic E-state index is 12.2. The van der Waals surface area contributed by atoms with Gasteiger partial charge in [-0.2, -0.15) is 5.26 Å². The zero-order chi connectivity index (χ0) is 11.3. The van der Waals surface area contributed by atoms with Crippen LogP contribution in [0.3, 0.4) is 0 Å². The van der Waals surface area contributed by atoms with Gasteiger partial charge < -0.3 is 5.11 Å². The van der Waals surface area contributed by atoms with Crippen LogP contribution in [0.5, 0.6) is 0 Å². The monoisotopic (exact) mass is 211 g/mol. The minimum absolute atomic E-state index is 0.0162. The normalized spacial score (nSPS) is 20.6. The number of fused-ring (bicyclic) bond motifs is 1. The summed E-state index contributed by atoms with van der Waals surface area (Å²) in [5.74, 6) is -0.0346. The predicted molar refractivity (Wildman–Crippen MR) is 57.6 cm³/mol. The van der Waals surface area contributed by atoms with Crippen molar-refractivity contribution in [2.75, 3.05) is 0 Å². The summed E-state index contributed by atoms with van der Waals surface area (Å²) < 4.78 is 0. The fourth-order valence-corrected chi connectivity index (χ4v) is 2.38. The van der Waals surface area contributed by atoms with Crippen LogP contribution in [-0.4, -0.2) is 10.9 Å². The lowest BCUT2D eigenvalue weighted by molar-refractivity contribution is 0.0921. The van der Waals surface area contributed by atoms with Crippen molar-refractivity contribution >= 4 is 11.5 Å². The molecule has 16 heavy (non-hydrogen) atoms. The first kappa shape index (κ1) is 9.17. The number of rotatable bonds is 0. The van der Waals surface area contributed by atoms with E-state index in [9.17, 15) is 9.90 Å². The molecule has 3 nitrogen and oxygen atoms in total. The number of nitriles is 1. The van der Waals surface area contributed by atoms with Gasteiger partial charge in [-0.25, -0.2) is 0 Å². The number of ketones is 1. The number of hydrogen-bond donors (Lipinski definition) is 1. The summed E-state index contributed by atoms with van der Waals surface area (Å²) in [5, 5.41) is 19.1. The SMILES string of the molecule is N#CC1=C(O)c2ccccc2C(=O)C12CC2. The minimum Gasteiger partial charge on any atom is -0.506 e. The van der Waals surface area contributed by atoms with Crippen molar-refractivity contribution in [3.63, 3.8) is 0 Å². The summed E-state index contributed by atoms with van der Waals surface area (Å²) in [6, 6.07) is 8.90. The van der Waals surface area contributed by atoms with Crippen LogP contribution in [0.2, 0.25) is 0 Å². The molecule has 0 bridgehead atoms. The van der Waals surface area contributed by atoms with Crippen molar-refractivity contribution < 1.29 is 9.90 Å². The van der Waals surface area contributed by atoms with Gasteiger partial charge in [0.2, 0.25) is 0 Å². The van der Waals surface area contributed by atoms with E-state index >= 15 is 0 Å². The molecule has 3 heteroatoms. The molecule has 0 aliphatic heterocycles. The fraction of sp³-hybridized carbons (Fsp3) is 0.231. The van der Waals surface area contributed by atoms with Crippen molar-refractivity contribution in [1.82, 2.24) is 0 Å². The molecule has 0 heterocycles. The molecule has 3 rings (SSSR count). The molecular formula is C13H9NO2. The van der Waals surface area contributed by atoms with Gasteiger partial charge in [0, 0.05) is 11.1 Å². The van der Waals surface area contributed by atoms with Crippen LogP contribution in [0.25, 0.3) is 5.76 Å². The molecule has 2 aliphatic carbocycles. The van der Waals surface area contributed by atoms with Crippen LogP contribution in [0.15, 0.2) is 29.8 Å². The third-order valence-electron chi connectivity index (χ3n) is 3.44. The topological polar surface area (TPSA) is 61.1 Å². The molecule has 1 spiro atoms. The number of hydrogen-bond acceptors (Lipinski definition) is 3. The maximum Gasteiger partial charge on any atom is 0.175 e. The molecule has 1 saturated carbocycles. The highest BCUT2D eigenvalue weighted by atomic mass is 16.3. The Morgan fingerprint density at radius 3 is 2.44 bits per heavy atom. The van der Waals surface area contributed by atoms with Crippen molar-refractivity contribution in [3.8, 4) is 6.07 Å². The highest BCUT2D eigenvalue weighted by Crippen LogP contribution is 2.58. The van der Waals surface area contributed by atoms with Gasteiger partial charge in [-0.15, -0.1) is 0 Å². The molecule has 1 N–H and O–H groups in total. The van der Waals surface area contributed by atoms with Gasteiger partial charge in [0.15, 0.2) is 5.78 Å². The zero-order valence-corrected chi connectivity index (χ0v) is 8.53. The summed E-state index contributed by atoms with van der Waals surface area (Å²) >= 11 is 0. The Balaban J connectivity index is 2.35. The molecule has 1 aromatic rings. The van der Waals surface area contributed by atoms with Gasteiger partial charge in [-0.3, -0.25) is 4.79 Å². The van der Waals surface area contributed by atoms with Gasteiger partial charge in [0.05, 0.1) is 17.1 Å². The highest BCUT2D eigenvalue weighted by Gasteiger charge is 2.57. The van der Waals surface area contributed by atoms with Gasteiger partial charge in [-0.05, 0) is 12.8 Å². The lowest BCUT2D eigenvalue weighted by Crippen LogP contribution is -2.24. The molecule has 78 valence electrons. The first-order chi connectivity index (χ1) is 7.70. The van der Waals surface area contributed by atoms with Crippen LogP contribution < -0.4 is 0 Å². The molecule has 1 fully saturated rings. The quantitative estimate of drug-likeness (QED) is 0.717. The number of carbonyl (C=O) groups excluding carboxylic acids is 1. The van der Waals surface area contributed by atoms with E-state index in [4.69, 9.17) is 5.26 Å². The summed E-state index contributed by atoms with van der Waals surface area (Å²) in [6.07, 6.45) is 1.35. The lowest BCUT2D eigenvalue weighted by Gasteiger charge is -2.22. The van der Waals surface area contributed by atoms with E-state index < -0.39 is 5.41 Å². The number of benzene rings is 1. The summed E-state index contributed by atoms with van der Waals surface area (Å²) in [6.45, 7) is 0. The van der Waals surface area contributed by atoms with Gasteiger partial charge in [-0.1, -0.05) is 24.3 Å². The minimum atomic E-state index is -0.701. The smallest absolute Gasteiger partial charge is 0.175 e. The van der Waals surface area contributed by atoms with Gasteiger partial charge in [0.1, 0.15) is 5.76 Å². The Bertz CT molecular complexity index is 574. The second-order valence-corrected chi connectivity index (χ2v) is 4.29. The van der Waals surface area contributed by atoms with E-state index in [1.165, 1.54) is 0 Å². The first-order valence-electron chi connectivity index (χ1n) is 5.19. The summed E-state index contributed by atoms with van der Waals surface area (Å²) in [5.41, 5.74) is 0.571. The van der Waals surface area contributed by atoms with Crippen LogP contribution >= 0.6 is 0 Å². The Kier molecular flexibility index (Phi) is 1.57. The number of Topliss-reactive ketones (excluding diaryl/α,β-unsaturated/α-hetero) is 1. The van der Waals surface area contributed by atoms with Crippen LogP contribution in [0, 0.1) is 16.7 Å². The average molecular weight is 211 g/mol. The molecular weight excluding hydrogens is 202 g/mol. The van der Waals surface area contributed by atoms with Crippen molar-refractivity contribution in [3.05, 3.63) is 41.0 Å². The molecule has 0 atom stereocenters. The number of nitrogens with zero attached hydrogens (tertiary/aromatic N) is 1. The van der Waals surface area contributed by atoms with E-state index in [1.807, 2.05) is 6.07 Å². The van der Waals surface area contributed by atoms with Crippen molar-refractivity contribution in [2.45, 2.75) is 12.8 Å². The summed E-state index contributed by atoms with van der Waals surface area (Å²) in [7, 11) is 0. The standard InChI is InChI=1S/C13H9NO2/c14-7-10-11(15)8-3-1-2-4-9(8)12(16)13(10)5-6-13/h1-4,15H,5-6H2. The van der Waals surface area contributed by atoms with E-state index in [2.05, 4.69) is 0 Å². The predicted octanol–water partition coefficient (Wildman–Crippen LogP) is 2.46. The van der Waals surface area contributed by atoms with E-state index in [-0.39, 0.29) is 17.1 Å². The first-order valence-corrected chi connectivity index (χ1v) is 5.19. The van der Waals surface area contributed by atoms with Crippen molar-refractivity contribution in [1.29, 1.82) is 5.26 Å². The third-order valence-corrected chi connectivity index (χ3v) is 3.44. The van der Waals surface area contributed by atoms with Gasteiger partial charge >= 0.3 is 0 Å². The Labute approximate surface area is 92.6 Å². The lowest BCUT2D eigenvalue weighted by atomic mass is 9.79. The van der Waals surface area contributed by atoms with Crippen LogP contribution in [0.4, 0.5) is 0 Å². The second kappa shape index (κ2) is 2.73. The van der Waals surface area contributed by atoms with Crippen molar-refractivity contribution in [2.24, 2.45) is 5.41 Å². The highest BCUT2D eigenvalue weighted by molar-refractivity contribution is 6.11. The fourth-order valence-electron chi connectivity index (χ4n) is 2.38. The second-order valence-electron chi connectivity index (χ2n) is 4.29. The molecule has 1 aromatic carbocycles. The number of aliphatic hydroxyl groups excluding tert-OH is 1. The molecule has 0 radical (unpaired) electrons. The molecule has 0 saturated heterocycles. The number of carbonyl (C=O) groups is 1. The third kappa shape index (κ3) is 0.892. The molecule has 0 amide bonds. The maximum atomic E-state index is 12.2. The molecule has 0 unspecified atom stereocenters. The van der Waals surface area contributed by atoms with E-state index in [0.717, 1.165) is 0 Å². The Morgan fingerprint density at radius 2 is 1.88 bits per heavy atom. The number of aliphatic hydroxyl groups is 1. The molecule has 0 aromatic heterocycles. The number of allylic oxidation sites excluding steroid dienone is 1. The molecule has 2 aliphatic rings.